The van der Waals surface area contributed by atoms with E-state index in [1.165, 1.54) is 43.3 Å². The Morgan fingerprint density at radius 1 is 0.627 bits per heavy atom. The van der Waals surface area contributed by atoms with Crippen LogP contribution in [0.15, 0.2) is 172 Å². The zero-order valence-corrected chi connectivity index (χ0v) is 68.8. The van der Waals surface area contributed by atoms with Gasteiger partial charge in [-0.15, -0.1) is 5.10 Å². The van der Waals surface area contributed by atoms with E-state index in [9.17, 15) is 19.2 Å². The number of rotatable bonds is 15. The van der Waals surface area contributed by atoms with Gasteiger partial charge < -0.3 is 68.0 Å². The molecule has 12 aliphatic rings. The van der Waals surface area contributed by atoms with Crippen LogP contribution in [0, 0.1) is 6.92 Å². The number of aliphatic hydroxyl groups is 1. The molecule has 2 unspecified atom stereocenters. The first-order valence-electron chi connectivity index (χ1n) is 39.6. The first-order valence-corrected chi connectivity index (χ1v) is 40.4. The number of amidine groups is 1. The van der Waals surface area contributed by atoms with Crippen LogP contribution in [0.5, 0.6) is 17.6 Å². The fourth-order valence-electron chi connectivity index (χ4n) is 11.4. The van der Waals surface area contributed by atoms with Gasteiger partial charge in [0.05, 0.1) is 58.0 Å². The maximum Gasteiger partial charge on any atom is 0.435 e. The number of aromatic nitrogens is 14. The Kier molecular flexibility index (Phi) is 28.6. The molecule has 0 radical (unpaired) electrons. The van der Waals surface area contributed by atoms with Crippen LogP contribution in [0.4, 0.5) is 21.2 Å². The van der Waals surface area contributed by atoms with Gasteiger partial charge >= 0.3 is 12.2 Å². The normalized spacial score (nSPS) is 18.8. The van der Waals surface area contributed by atoms with Gasteiger partial charge in [-0.1, -0.05) is 6.08 Å². The Bertz CT molecular complexity index is 4950. The highest BCUT2D eigenvalue weighted by Gasteiger charge is 2.37. The van der Waals surface area contributed by atoms with Crippen molar-refractivity contribution in [2.75, 3.05) is 62.8 Å². The number of aliphatic imine (C=N–C) groups is 2. The highest BCUT2D eigenvalue weighted by molar-refractivity contribution is 9.10. The lowest BCUT2D eigenvalue weighted by Gasteiger charge is -2.48. The zero-order chi connectivity index (χ0) is 82.7. The van der Waals surface area contributed by atoms with Gasteiger partial charge in [0.2, 0.25) is 23.5 Å². The molecule has 118 heavy (non-hydrogen) atoms. The summed E-state index contributed by atoms with van der Waals surface area (Å²) in [6.07, 6.45) is 32.2. The van der Waals surface area contributed by atoms with Gasteiger partial charge in [-0.2, -0.15) is 28.9 Å². The minimum absolute atomic E-state index is 0.0833. The molecule has 9 aromatic rings. The molecule has 5 saturated carbocycles. The number of aliphatic hydroxyl groups excluding tert-OH is 1. The molecule has 0 spiro atoms. The molecule has 5 saturated heterocycles. The minimum atomic E-state index is -0.588. The number of piperidine rings is 1. The van der Waals surface area contributed by atoms with E-state index in [0.29, 0.717) is 85.8 Å². The van der Waals surface area contributed by atoms with Crippen molar-refractivity contribution in [3.8, 4) is 40.7 Å². The summed E-state index contributed by atoms with van der Waals surface area (Å²) in [7, 11) is 0. The van der Waals surface area contributed by atoms with Crippen LogP contribution in [0.2, 0.25) is 0 Å². The molecule has 624 valence electrons. The third-order valence-corrected chi connectivity index (χ3v) is 18.3. The van der Waals surface area contributed by atoms with Gasteiger partial charge in [-0.25, -0.2) is 44.5 Å². The lowest BCUT2D eigenvalue weighted by Crippen LogP contribution is -2.67. The number of halogens is 1. The van der Waals surface area contributed by atoms with Gasteiger partial charge in [-0.05, 0) is 208 Å². The number of piperazine rings is 1. The number of hydrogen-bond acceptors (Lipinski definition) is 29. The van der Waals surface area contributed by atoms with Crippen LogP contribution >= 0.6 is 15.9 Å². The summed E-state index contributed by atoms with van der Waals surface area (Å²) in [4.78, 5) is 81.5. The van der Waals surface area contributed by atoms with E-state index in [1.54, 1.807) is 79.3 Å². The maximum absolute atomic E-state index is 11.6. The standard InChI is InChI=1S/C20H23N7.C14H15N3O3.C12H11N3O2.C11H16N2O3.C8H8BrNO2.C8H12N2O3.C7H9NO.C3H6O/c1-12-5-17(21-8-12)25-18-6-13(2)23-20(26-18)14-3-4-19(22-9-14)27-10-15-7-16(11-27)24-15;1-4-12(15-9-10(1)14-18-7-8-19-14)17-13(5-6-16-17)20-11-2-3-11;16-8-9-1-4-11(13-7-9)15-12(5-6-14-15)17-10-2-3-10;1-11(2,3)16-10(14)13-7-6-9(12-13)15-8-4-5-8;9-7-2-1-6(5-10-7)8-11-3-4-12-8;1-8(2,3)13-7(12)10-5-4-6(11)9-10;1-2-7(8-5-1)9-6-3-4-6;4-3-1-2-3/h3-6,9,15-16,24H,7-8,10-11H2,1-2H3,(H,21,23,25,26);1,4-6,9,11,14H,2-3,7-8H2;1,4-8,10H,2-3H2;6-8H,4-5H2,1-3H3;1-2,5,8H,3-4H2;4-5H,1-3H3,(H,9,11);1-2,6H,3-5H2;3-4H,1-2H2. The van der Waals surface area contributed by atoms with Crippen molar-refractivity contribution < 1.29 is 66.9 Å². The smallest absolute Gasteiger partial charge is 0.435 e. The molecule has 7 aliphatic heterocycles. The van der Waals surface area contributed by atoms with E-state index in [0.717, 1.165) is 155 Å². The van der Waals surface area contributed by atoms with Crippen LogP contribution in [0.1, 0.15) is 159 Å². The number of aromatic amines is 1. The summed E-state index contributed by atoms with van der Waals surface area (Å²) in [6, 6.07) is 25.0. The highest BCUT2D eigenvalue weighted by atomic mass is 79.9. The first kappa shape index (κ1) is 84.7. The topological polar surface area (TPSA) is 384 Å². The second kappa shape index (κ2) is 39.8. The molecule has 34 nitrogen and oxygen atoms in total. The third kappa shape index (κ3) is 27.2. The summed E-state index contributed by atoms with van der Waals surface area (Å²) >= 11 is 3.26. The molecule has 5 aliphatic carbocycles. The van der Waals surface area contributed by atoms with Crippen LogP contribution in [0.3, 0.4) is 0 Å². The van der Waals surface area contributed by atoms with E-state index >= 15 is 0 Å². The van der Waals surface area contributed by atoms with Gasteiger partial charge in [0.1, 0.15) is 57.7 Å². The van der Waals surface area contributed by atoms with E-state index in [4.69, 9.17) is 52.5 Å². The molecule has 10 fully saturated rings. The fraction of sp³-hybridized carbons (Fsp3) is 0.458. The Hall–Kier alpha value is -11.2. The van der Waals surface area contributed by atoms with E-state index in [1.807, 2.05) is 94.6 Å². The number of hydrogen-bond donors (Lipinski definition) is 4. The van der Waals surface area contributed by atoms with Crippen molar-refractivity contribution >= 4 is 57.8 Å². The number of nitrogens with zero attached hydrogens (tertiary/aromatic N) is 16. The summed E-state index contributed by atoms with van der Waals surface area (Å²) in [5.41, 5.74) is 4.11. The lowest BCUT2D eigenvalue weighted by atomic mass is 9.91. The molecule has 21 rings (SSSR count). The van der Waals surface area contributed by atoms with Crippen LogP contribution in [0.25, 0.3) is 23.0 Å². The van der Waals surface area contributed by atoms with Crippen LogP contribution < -0.4 is 35.3 Å². The predicted octanol–water partition coefficient (Wildman–Crippen LogP) is 12.0. The van der Waals surface area contributed by atoms with Crippen molar-refractivity contribution in [2.45, 2.75) is 192 Å². The molecule has 0 aromatic carbocycles. The molecule has 35 heteroatoms. The summed E-state index contributed by atoms with van der Waals surface area (Å²) in [6.45, 7) is 21.0. The Morgan fingerprint density at radius 3 is 1.67 bits per heavy atom. The average Bonchev–Trinajstić information content (AvgIpc) is 0.900. The van der Waals surface area contributed by atoms with Crippen molar-refractivity contribution in [2.24, 2.45) is 9.98 Å². The number of aldehydes is 1. The summed E-state index contributed by atoms with van der Waals surface area (Å²) in [5.74, 6) is 7.44. The molecule has 2 bridgehead atoms. The van der Waals surface area contributed by atoms with Gasteiger partial charge in [0, 0.05) is 121 Å². The average molecular weight is 1680 g/mol. The number of fused-ring (bicyclic) bond motifs is 2. The van der Waals surface area contributed by atoms with Gasteiger partial charge in [0.25, 0.3) is 5.56 Å². The molecule has 0 amide bonds. The number of nitrogens with one attached hydrogen (secondary N) is 3. The highest BCUT2D eigenvalue weighted by Crippen LogP contribution is 2.33. The Labute approximate surface area is 690 Å². The number of carbonyl (C=O) groups is 3. The third-order valence-electron chi connectivity index (χ3n) is 17.9. The van der Waals surface area contributed by atoms with Crippen LogP contribution in [-0.4, -0.2) is 211 Å². The number of anilines is 2. The van der Waals surface area contributed by atoms with Gasteiger partial charge in [-0.3, -0.25) is 19.7 Å². The van der Waals surface area contributed by atoms with Gasteiger partial charge in [0.15, 0.2) is 36.3 Å². The largest absolute Gasteiger partial charge is 0.475 e. The quantitative estimate of drug-likeness (QED) is 0.0547. The number of carbonyl (C=O) groups excluding carboxylic acids is 3. The van der Waals surface area contributed by atoms with Crippen molar-refractivity contribution in [1.29, 1.82) is 0 Å². The number of ether oxygens (including phenoxy) is 10. The monoisotopic (exact) mass is 1680 g/mol. The van der Waals surface area contributed by atoms with E-state index < -0.39 is 23.4 Å². The lowest BCUT2D eigenvalue weighted by molar-refractivity contribution is -0.0445. The molecule has 2 atom stereocenters. The second-order valence-corrected chi connectivity index (χ2v) is 32.0. The van der Waals surface area contributed by atoms with Crippen molar-refractivity contribution in [1.82, 2.24) is 74.3 Å². The fourth-order valence-corrected chi connectivity index (χ4v) is 11.6. The van der Waals surface area contributed by atoms with Crippen LogP contribution in [-0.2, 0) is 33.2 Å². The Balaban J connectivity index is 0.000000121. The van der Waals surface area contributed by atoms with Crippen molar-refractivity contribution in [3.05, 3.63) is 190 Å². The molecule has 9 aromatic heterocycles. The first-order chi connectivity index (χ1) is 56.9. The molecule has 16 heterocycles. The maximum atomic E-state index is 11.6. The van der Waals surface area contributed by atoms with E-state index in [2.05, 4.69) is 111 Å². The number of H-pyrrole nitrogens is 1. The zero-order valence-electron chi connectivity index (χ0n) is 67.3. The molecular weight excluding hydrogens is 1580 g/mol. The summed E-state index contributed by atoms with van der Waals surface area (Å²) < 4.78 is 60.3. The molecular formula is C83H100BrN19O15. The summed E-state index contributed by atoms with van der Waals surface area (Å²) in [5, 5.41) is 29.7. The second-order valence-electron chi connectivity index (χ2n) is 31.2. The number of aryl methyl sites for hydroxylation is 1. The van der Waals surface area contributed by atoms with Crippen molar-refractivity contribution in [3.63, 3.8) is 0 Å². The number of pyridine rings is 4. The van der Waals surface area contributed by atoms with E-state index in [-0.39, 0.29) is 30.3 Å². The minimum Gasteiger partial charge on any atom is -0.475 e. The predicted molar refractivity (Wildman–Crippen MR) is 439 cm³/mol. The molecule has 4 N–H and O–H groups in total. The SMILES string of the molecule is Brc1ccc(C2OCCO2)cn1.C1=CC(OC2CC2)=NC1.CC(C)(C)OC(=O)n1ccc(=O)[nH]1.CC(C)(C)OC(=O)n1ccc(OC2CC2)n1.CC1=CC(Nc2cc(C)nc(-c3ccc(N4CC5CC(C4)N5)nc3)n2)=NC1.O=Cc1ccc(-n2nccc2OC2CC2)nc1.OC1CC1.c1cc(OC2CC2)n(-c2ccc(C3OCCO3)cn2)n1. The Morgan fingerprint density at radius 2 is 1.19 bits per heavy atom.